The normalized spacial score (nSPS) is 10.5. The van der Waals surface area contributed by atoms with E-state index < -0.39 is 0 Å². The summed E-state index contributed by atoms with van der Waals surface area (Å²) >= 11 is 5.71. The Kier molecular flexibility index (Phi) is 4.77. The molecule has 0 heterocycles. The highest BCUT2D eigenvalue weighted by atomic mass is 35.5. The largest absolute Gasteiger partial charge is 0.488 e. The summed E-state index contributed by atoms with van der Waals surface area (Å²) in [7, 11) is 1.87. The quantitative estimate of drug-likeness (QED) is 0.899. The highest BCUT2D eigenvalue weighted by Crippen LogP contribution is 2.21. The van der Waals surface area contributed by atoms with Crippen molar-refractivity contribution >= 4 is 11.6 Å². The molecule has 0 spiro atoms. The molecule has 0 aliphatic heterocycles. The van der Waals surface area contributed by atoms with Gasteiger partial charge in [0.1, 0.15) is 18.2 Å². The van der Waals surface area contributed by atoms with Gasteiger partial charge in [0.05, 0.1) is 0 Å². The van der Waals surface area contributed by atoms with Crippen LogP contribution in [0.15, 0.2) is 42.5 Å². The van der Waals surface area contributed by atoms with Crippen LogP contribution in [-0.4, -0.2) is 7.05 Å². The third-order valence-corrected chi connectivity index (χ3v) is 2.97. The van der Waals surface area contributed by atoms with Gasteiger partial charge in [0.2, 0.25) is 0 Å². The smallest absolute Gasteiger partial charge is 0.131 e. The fourth-order valence-electron chi connectivity index (χ4n) is 1.78. The maximum absolute atomic E-state index is 13.6. The predicted octanol–water partition coefficient (Wildman–Crippen LogP) is 3.78. The van der Waals surface area contributed by atoms with Crippen molar-refractivity contribution in [3.63, 3.8) is 0 Å². The number of para-hydroxylation sites is 1. The predicted molar refractivity (Wildman–Crippen MR) is 74.9 cm³/mol. The van der Waals surface area contributed by atoms with Gasteiger partial charge >= 0.3 is 0 Å². The number of rotatable bonds is 5. The van der Waals surface area contributed by atoms with E-state index in [1.165, 1.54) is 6.07 Å². The van der Waals surface area contributed by atoms with Gasteiger partial charge in [-0.15, -0.1) is 0 Å². The van der Waals surface area contributed by atoms with Gasteiger partial charge in [-0.05, 0) is 25.2 Å². The van der Waals surface area contributed by atoms with E-state index in [2.05, 4.69) is 5.32 Å². The van der Waals surface area contributed by atoms with E-state index in [4.69, 9.17) is 16.3 Å². The van der Waals surface area contributed by atoms with Crippen molar-refractivity contribution in [2.45, 2.75) is 13.2 Å². The first-order chi connectivity index (χ1) is 9.20. The van der Waals surface area contributed by atoms with Crippen LogP contribution in [0.25, 0.3) is 0 Å². The van der Waals surface area contributed by atoms with Crippen LogP contribution < -0.4 is 10.1 Å². The zero-order chi connectivity index (χ0) is 13.7. The molecule has 2 rings (SSSR count). The molecule has 0 unspecified atom stereocenters. The molecule has 2 nitrogen and oxygen atoms in total. The Labute approximate surface area is 117 Å². The Balaban J connectivity index is 2.10. The molecule has 1 N–H and O–H groups in total. The van der Waals surface area contributed by atoms with E-state index >= 15 is 0 Å². The molecule has 0 amide bonds. The molecule has 0 fully saturated rings. The van der Waals surface area contributed by atoms with Crippen LogP contribution in [0.5, 0.6) is 5.75 Å². The summed E-state index contributed by atoms with van der Waals surface area (Å²) in [4.78, 5) is 0. The minimum atomic E-state index is -0.349. The van der Waals surface area contributed by atoms with Crippen LogP contribution in [0.2, 0.25) is 5.02 Å². The highest BCUT2D eigenvalue weighted by molar-refractivity contribution is 6.30. The summed E-state index contributed by atoms with van der Waals surface area (Å²) in [6, 6.07) is 12.3. The second-order valence-electron chi connectivity index (χ2n) is 4.16. The number of nitrogens with one attached hydrogen (secondary N) is 1. The van der Waals surface area contributed by atoms with E-state index in [1.54, 1.807) is 12.1 Å². The lowest BCUT2D eigenvalue weighted by Crippen LogP contribution is -2.07. The molecular weight excluding hydrogens is 265 g/mol. The van der Waals surface area contributed by atoms with E-state index in [9.17, 15) is 4.39 Å². The molecule has 0 aliphatic carbocycles. The van der Waals surface area contributed by atoms with Crippen LogP contribution in [0, 0.1) is 5.82 Å². The Morgan fingerprint density at radius 2 is 1.95 bits per heavy atom. The average molecular weight is 280 g/mol. The summed E-state index contributed by atoms with van der Waals surface area (Å²) < 4.78 is 19.3. The molecule has 0 bridgehead atoms. The minimum Gasteiger partial charge on any atom is -0.488 e. The molecular formula is C15H15ClFNO. The van der Waals surface area contributed by atoms with Crippen LogP contribution in [0.3, 0.4) is 0 Å². The molecule has 0 radical (unpaired) electrons. The Morgan fingerprint density at radius 1 is 1.16 bits per heavy atom. The Morgan fingerprint density at radius 3 is 2.68 bits per heavy atom. The first-order valence-corrected chi connectivity index (χ1v) is 6.37. The monoisotopic (exact) mass is 279 g/mol. The van der Waals surface area contributed by atoms with Crippen molar-refractivity contribution in [2.24, 2.45) is 0 Å². The lowest BCUT2D eigenvalue weighted by atomic mass is 10.2. The molecule has 4 heteroatoms. The fraction of sp³-hybridized carbons (Fsp3) is 0.200. The Hall–Kier alpha value is -1.58. The van der Waals surface area contributed by atoms with Crippen molar-refractivity contribution in [2.75, 3.05) is 7.05 Å². The van der Waals surface area contributed by atoms with Crippen molar-refractivity contribution < 1.29 is 9.13 Å². The molecule has 0 aromatic heterocycles. The van der Waals surface area contributed by atoms with Gasteiger partial charge in [-0.25, -0.2) is 4.39 Å². The molecule has 2 aromatic rings. The van der Waals surface area contributed by atoms with Gasteiger partial charge in [-0.3, -0.25) is 0 Å². The average Bonchev–Trinajstić information content (AvgIpc) is 2.40. The topological polar surface area (TPSA) is 21.3 Å². The van der Waals surface area contributed by atoms with Crippen LogP contribution in [0.4, 0.5) is 4.39 Å². The molecule has 0 saturated heterocycles. The summed E-state index contributed by atoms with van der Waals surface area (Å²) in [6.45, 7) is 0.892. The lowest BCUT2D eigenvalue weighted by molar-refractivity contribution is 0.296. The summed E-state index contributed by atoms with van der Waals surface area (Å²) in [6.07, 6.45) is 0. The molecule has 0 aliphatic rings. The number of benzene rings is 2. The maximum atomic E-state index is 13.6. The van der Waals surface area contributed by atoms with Gasteiger partial charge in [0.25, 0.3) is 0 Å². The third kappa shape index (κ3) is 3.69. The standard InChI is InChI=1S/C15H15ClFNO/c1-18-9-11-4-2-3-5-15(11)19-10-12-6-7-13(16)8-14(12)17/h2-8,18H,9-10H2,1H3. The molecule has 100 valence electrons. The third-order valence-electron chi connectivity index (χ3n) is 2.74. The van der Waals surface area contributed by atoms with Gasteiger partial charge in [-0.2, -0.15) is 0 Å². The molecule has 0 atom stereocenters. The van der Waals surface area contributed by atoms with E-state index in [0.717, 1.165) is 11.3 Å². The maximum Gasteiger partial charge on any atom is 0.131 e. The van der Waals surface area contributed by atoms with Crippen LogP contribution in [0.1, 0.15) is 11.1 Å². The SMILES string of the molecule is CNCc1ccccc1OCc1ccc(Cl)cc1F. The van der Waals surface area contributed by atoms with Gasteiger partial charge in [0.15, 0.2) is 0 Å². The number of hydrogen-bond donors (Lipinski definition) is 1. The van der Waals surface area contributed by atoms with Crippen molar-refractivity contribution in [3.05, 3.63) is 64.4 Å². The first kappa shape index (κ1) is 13.8. The van der Waals surface area contributed by atoms with Crippen LogP contribution >= 0.6 is 11.6 Å². The fourth-order valence-corrected chi connectivity index (χ4v) is 1.93. The zero-order valence-corrected chi connectivity index (χ0v) is 11.4. The van der Waals surface area contributed by atoms with Crippen molar-refractivity contribution in [1.82, 2.24) is 5.32 Å². The highest BCUT2D eigenvalue weighted by Gasteiger charge is 2.06. The number of hydrogen-bond acceptors (Lipinski definition) is 2. The van der Waals surface area contributed by atoms with Gasteiger partial charge in [-0.1, -0.05) is 35.9 Å². The minimum absolute atomic E-state index is 0.184. The Bertz CT molecular complexity index is 560. The van der Waals surface area contributed by atoms with Crippen molar-refractivity contribution in [1.29, 1.82) is 0 Å². The second-order valence-corrected chi connectivity index (χ2v) is 4.60. The molecule has 19 heavy (non-hydrogen) atoms. The lowest BCUT2D eigenvalue weighted by Gasteiger charge is -2.11. The van der Waals surface area contributed by atoms with Gasteiger partial charge in [0, 0.05) is 22.7 Å². The molecule has 2 aromatic carbocycles. The number of ether oxygens (including phenoxy) is 1. The zero-order valence-electron chi connectivity index (χ0n) is 10.6. The first-order valence-electron chi connectivity index (χ1n) is 6.00. The van der Waals surface area contributed by atoms with E-state index in [0.29, 0.717) is 17.1 Å². The molecule has 0 saturated carbocycles. The summed E-state index contributed by atoms with van der Waals surface area (Å²) in [5.74, 6) is 0.407. The van der Waals surface area contributed by atoms with Crippen LogP contribution in [-0.2, 0) is 13.2 Å². The summed E-state index contributed by atoms with van der Waals surface area (Å²) in [5, 5.41) is 3.46. The van der Waals surface area contributed by atoms with E-state index in [-0.39, 0.29) is 12.4 Å². The van der Waals surface area contributed by atoms with Gasteiger partial charge < -0.3 is 10.1 Å². The van der Waals surface area contributed by atoms with Crippen molar-refractivity contribution in [3.8, 4) is 5.75 Å². The second kappa shape index (κ2) is 6.55. The number of halogens is 2. The van der Waals surface area contributed by atoms with E-state index in [1.807, 2.05) is 31.3 Å². The summed E-state index contributed by atoms with van der Waals surface area (Å²) in [5.41, 5.74) is 1.53.